The first-order valence-electron chi connectivity index (χ1n) is 6.60. The minimum atomic E-state index is -4.32. The standard InChI is InChI=1S/C13H23F3O2/c1-3-4-5-6-7-8-9-18-12(17)10-11(2)13(14,15)16/h11H,3-10H2,1-2H3. The Morgan fingerprint density at radius 1 is 1.11 bits per heavy atom. The van der Waals surface area contributed by atoms with Crippen molar-refractivity contribution in [2.45, 2.75) is 65.0 Å². The fourth-order valence-electron chi connectivity index (χ4n) is 1.49. The fourth-order valence-corrected chi connectivity index (χ4v) is 1.49. The first kappa shape index (κ1) is 17.3. The highest BCUT2D eigenvalue weighted by Crippen LogP contribution is 2.28. The molecule has 0 rings (SSSR count). The number of esters is 1. The quantitative estimate of drug-likeness (QED) is 0.455. The first-order valence-corrected chi connectivity index (χ1v) is 6.60. The zero-order valence-electron chi connectivity index (χ0n) is 11.2. The van der Waals surface area contributed by atoms with Gasteiger partial charge in [-0.2, -0.15) is 13.2 Å². The van der Waals surface area contributed by atoms with E-state index < -0.39 is 24.5 Å². The Bertz CT molecular complexity index is 227. The minimum absolute atomic E-state index is 0.232. The highest BCUT2D eigenvalue weighted by atomic mass is 19.4. The monoisotopic (exact) mass is 268 g/mol. The smallest absolute Gasteiger partial charge is 0.392 e. The molecule has 0 saturated heterocycles. The molecule has 0 fully saturated rings. The molecule has 0 aliphatic heterocycles. The van der Waals surface area contributed by atoms with Crippen LogP contribution in [0.2, 0.25) is 0 Å². The minimum Gasteiger partial charge on any atom is -0.466 e. The third-order valence-electron chi connectivity index (χ3n) is 2.79. The molecule has 0 bridgehead atoms. The number of carbonyl (C=O) groups is 1. The second-order valence-electron chi connectivity index (χ2n) is 4.64. The van der Waals surface area contributed by atoms with Crippen molar-refractivity contribution >= 4 is 5.97 Å². The maximum atomic E-state index is 12.2. The van der Waals surface area contributed by atoms with Crippen LogP contribution in [-0.2, 0) is 9.53 Å². The topological polar surface area (TPSA) is 26.3 Å². The number of alkyl halides is 3. The lowest BCUT2D eigenvalue weighted by molar-refractivity contribution is -0.180. The Labute approximate surface area is 107 Å². The van der Waals surface area contributed by atoms with Gasteiger partial charge in [0.05, 0.1) is 18.9 Å². The van der Waals surface area contributed by atoms with Crippen LogP contribution in [0.25, 0.3) is 0 Å². The lowest BCUT2D eigenvalue weighted by Crippen LogP contribution is -2.23. The maximum absolute atomic E-state index is 12.2. The van der Waals surface area contributed by atoms with Gasteiger partial charge in [-0.05, 0) is 6.42 Å². The van der Waals surface area contributed by atoms with Gasteiger partial charge in [-0.3, -0.25) is 4.79 Å². The van der Waals surface area contributed by atoms with Gasteiger partial charge in [-0.1, -0.05) is 46.0 Å². The fraction of sp³-hybridized carbons (Fsp3) is 0.923. The van der Waals surface area contributed by atoms with Gasteiger partial charge in [0, 0.05) is 0 Å². The van der Waals surface area contributed by atoms with E-state index in [0.29, 0.717) is 0 Å². The van der Waals surface area contributed by atoms with Crippen LogP contribution < -0.4 is 0 Å². The molecule has 0 aliphatic rings. The Morgan fingerprint density at radius 3 is 2.22 bits per heavy atom. The van der Waals surface area contributed by atoms with Crippen LogP contribution in [0.5, 0.6) is 0 Å². The van der Waals surface area contributed by atoms with E-state index in [0.717, 1.165) is 32.6 Å². The zero-order valence-corrected chi connectivity index (χ0v) is 11.2. The van der Waals surface area contributed by atoms with Gasteiger partial charge in [-0.15, -0.1) is 0 Å². The number of ether oxygens (including phenoxy) is 1. The molecular formula is C13H23F3O2. The molecule has 18 heavy (non-hydrogen) atoms. The number of unbranched alkanes of at least 4 members (excludes halogenated alkanes) is 5. The average Bonchev–Trinajstić information content (AvgIpc) is 2.26. The first-order chi connectivity index (χ1) is 8.38. The van der Waals surface area contributed by atoms with Crippen molar-refractivity contribution in [2.75, 3.05) is 6.61 Å². The van der Waals surface area contributed by atoms with E-state index in [2.05, 4.69) is 6.92 Å². The summed E-state index contributed by atoms with van der Waals surface area (Å²) in [5.41, 5.74) is 0. The van der Waals surface area contributed by atoms with Gasteiger partial charge in [0.15, 0.2) is 0 Å². The summed E-state index contributed by atoms with van der Waals surface area (Å²) in [6.45, 7) is 3.35. The number of hydrogen-bond acceptors (Lipinski definition) is 2. The third-order valence-corrected chi connectivity index (χ3v) is 2.79. The van der Waals surface area contributed by atoms with Gasteiger partial charge in [-0.25, -0.2) is 0 Å². The normalized spacial score (nSPS) is 13.4. The van der Waals surface area contributed by atoms with Crippen molar-refractivity contribution in [3.05, 3.63) is 0 Å². The van der Waals surface area contributed by atoms with Crippen molar-refractivity contribution in [1.29, 1.82) is 0 Å². The predicted octanol–water partition coefficient (Wildman–Crippen LogP) is 4.48. The Balaban J connectivity index is 3.48. The molecule has 0 aliphatic carbocycles. The Kier molecular flexibility index (Phi) is 8.85. The summed E-state index contributed by atoms with van der Waals surface area (Å²) < 4.78 is 41.3. The summed E-state index contributed by atoms with van der Waals surface area (Å²) in [5.74, 6) is -2.39. The third kappa shape index (κ3) is 9.31. The van der Waals surface area contributed by atoms with E-state index in [1.54, 1.807) is 0 Å². The highest BCUT2D eigenvalue weighted by molar-refractivity contribution is 5.69. The second-order valence-corrected chi connectivity index (χ2v) is 4.64. The van der Waals surface area contributed by atoms with Gasteiger partial charge in [0.1, 0.15) is 0 Å². The molecule has 0 N–H and O–H groups in total. The van der Waals surface area contributed by atoms with Crippen molar-refractivity contribution in [3.8, 4) is 0 Å². The lowest BCUT2D eigenvalue weighted by atomic mass is 10.1. The van der Waals surface area contributed by atoms with Gasteiger partial charge >= 0.3 is 12.1 Å². The lowest BCUT2D eigenvalue weighted by Gasteiger charge is -2.14. The summed E-state index contributed by atoms with van der Waals surface area (Å²) in [5, 5.41) is 0. The van der Waals surface area contributed by atoms with E-state index in [4.69, 9.17) is 4.74 Å². The molecule has 108 valence electrons. The zero-order chi connectivity index (χ0) is 14.0. The summed E-state index contributed by atoms with van der Waals surface area (Å²) in [6, 6.07) is 0. The molecule has 0 aromatic carbocycles. The van der Waals surface area contributed by atoms with Crippen molar-refractivity contribution < 1.29 is 22.7 Å². The van der Waals surface area contributed by atoms with Crippen LogP contribution in [0.1, 0.15) is 58.8 Å². The predicted molar refractivity (Wildman–Crippen MR) is 64.2 cm³/mol. The van der Waals surface area contributed by atoms with Crippen molar-refractivity contribution in [2.24, 2.45) is 5.92 Å². The van der Waals surface area contributed by atoms with E-state index in [1.807, 2.05) is 0 Å². The van der Waals surface area contributed by atoms with Gasteiger partial charge < -0.3 is 4.74 Å². The molecule has 0 spiro atoms. The van der Waals surface area contributed by atoms with E-state index in [1.165, 1.54) is 12.8 Å². The molecule has 1 atom stereocenters. The van der Waals surface area contributed by atoms with E-state index >= 15 is 0 Å². The number of carbonyl (C=O) groups excluding carboxylic acids is 1. The molecule has 2 nitrogen and oxygen atoms in total. The molecule has 0 saturated carbocycles. The number of halogens is 3. The summed E-state index contributed by atoms with van der Waals surface area (Å²) in [4.78, 5) is 11.1. The highest BCUT2D eigenvalue weighted by Gasteiger charge is 2.37. The van der Waals surface area contributed by atoms with Crippen molar-refractivity contribution in [3.63, 3.8) is 0 Å². The molecule has 0 aromatic heterocycles. The van der Waals surface area contributed by atoms with Crippen LogP contribution in [0.3, 0.4) is 0 Å². The second kappa shape index (κ2) is 9.22. The molecular weight excluding hydrogens is 245 g/mol. The van der Waals surface area contributed by atoms with Gasteiger partial charge in [0.2, 0.25) is 0 Å². The molecule has 0 radical (unpaired) electrons. The Hall–Kier alpha value is -0.740. The van der Waals surface area contributed by atoms with E-state index in [9.17, 15) is 18.0 Å². The van der Waals surface area contributed by atoms with Crippen molar-refractivity contribution in [1.82, 2.24) is 0 Å². The molecule has 0 heterocycles. The van der Waals surface area contributed by atoms with Crippen LogP contribution in [-0.4, -0.2) is 18.8 Å². The maximum Gasteiger partial charge on any atom is 0.392 e. The molecule has 5 heteroatoms. The van der Waals surface area contributed by atoms with Crippen LogP contribution >= 0.6 is 0 Å². The largest absolute Gasteiger partial charge is 0.466 e. The summed E-state index contributed by atoms with van der Waals surface area (Å²) >= 11 is 0. The SMILES string of the molecule is CCCCCCCCOC(=O)CC(C)C(F)(F)F. The molecule has 0 aromatic rings. The molecule has 0 amide bonds. The van der Waals surface area contributed by atoms with Crippen LogP contribution in [0, 0.1) is 5.92 Å². The Morgan fingerprint density at radius 2 is 1.67 bits per heavy atom. The van der Waals surface area contributed by atoms with Crippen LogP contribution in [0.15, 0.2) is 0 Å². The average molecular weight is 268 g/mol. The molecule has 1 unspecified atom stereocenters. The summed E-state index contributed by atoms with van der Waals surface area (Å²) in [7, 11) is 0. The number of rotatable bonds is 9. The summed E-state index contributed by atoms with van der Waals surface area (Å²) in [6.07, 6.45) is 1.41. The van der Waals surface area contributed by atoms with Crippen LogP contribution in [0.4, 0.5) is 13.2 Å². The van der Waals surface area contributed by atoms with Gasteiger partial charge in [0.25, 0.3) is 0 Å². The number of hydrogen-bond donors (Lipinski definition) is 0. The van der Waals surface area contributed by atoms with E-state index in [-0.39, 0.29) is 6.61 Å².